The van der Waals surface area contributed by atoms with E-state index in [1.165, 1.54) is 6.08 Å². The van der Waals surface area contributed by atoms with Crippen LogP contribution in [0, 0.1) is 5.92 Å². The fraction of sp³-hybridized carbons (Fsp3) is 0.786. The van der Waals surface area contributed by atoms with Gasteiger partial charge in [-0.15, -0.1) is 6.58 Å². The molecule has 0 aliphatic rings. The average Bonchev–Trinajstić information content (AvgIpc) is 2.24. The van der Waals surface area contributed by atoms with Gasteiger partial charge >= 0.3 is 6.18 Å². The highest BCUT2D eigenvalue weighted by Gasteiger charge is 2.37. The summed E-state index contributed by atoms with van der Waals surface area (Å²) in [4.78, 5) is 10.7. The number of Topliss-reactive ketones (excluding diaryl/α,β-unsaturated/α-hetero) is 1. The molecule has 0 aliphatic carbocycles. The van der Waals surface area contributed by atoms with Gasteiger partial charge in [0.15, 0.2) is 0 Å². The van der Waals surface area contributed by atoms with Crippen molar-refractivity contribution in [2.75, 3.05) is 0 Å². The Bertz CT molecular complexity index is 246. The van der Waals surface area contributed by atoms with Gasteiger partial charge in [0.25, 0.3) is 0 Å². The largest absolute Gasteiger partial charge is 0.392 e. The van der Waals surface area contributed by atoms with Crippen molar-refractivity contribution in [1.82, 2.24) is 0 Å². The molecule has 0 aromatic rings. The Hall–Kier alpha value is -0.800. The molecule has 0 unspecified atom stereocenters. The lowest BCUT2D eigenvalue weighted by Gasteiger charge is -2.18. The van der Waals surface area contributed by atoms with E-state index in [2.05, 4.69) is 6.58 Å². The van der Waals surface area contributed by atoms with Crippen molar-refractivity contribution >= 4 is 5.78 Å². The van der Waals surface area contributed by atoms with E-state index in [4.69, 9.17) is 0 Å². The van der Waals surface area contributed by atoms with E-state index in [1.807, 2.05) is 0 Å². The van der Waals surface area contributed by atoms with Crippen LogP contribution in [0.1, 0.15) is 58.3 Å². The van der Waals surface area contributed by atoms with Crippen LogP contribution in [0.5, 0.6) is 0 Å². The Balaban J connectivity index is 3.62. The Morgan fingerprint density at radius 3 is 2.22 bits per heavy atom. The SMILES string of the molecule is C=CC[C@@H](CCCCCCCC(C)=O)C(F)(F)F. The molecule has 0 bridgehead atoms. The first-order chi connectivity index (χ1) is 8.38. The molecule has 0 amide bonds. The molecule has 1 atom stereocenters. The Kier molecular flexibility index (Phi) is 8.77. The lowest BCUT2D eigenvalue weighted by molar-refractivity contribution is -0.175. The van der Waals surface area contributed by atoms with Gasteiger partial charge in [0.2, 0.25) is 0 Å². The maximum atomic E-state index is 12.5. The highest BCUT2D eigenvalue weighted by atomic mass is 19.4. The van der Waals surface area contributed by atoms with Crippen molar-refractivity contribution in [2.24, 2.45) is 5.92 Å². The van der Waals surface area contributed by atoms with Crippen LogP contribution in [-0.4, -0.2) is 12.0 Å². The van der Waals surface area contributed by atoms with Gasteiger partial charge in [0.1, 0.15) is 5.78 Å². The van der Waals surface area contributed by atoms with E-state index < -0.39 is 12.1 Å². The number of allylic oxidation sites excluding steroid dienone is 1. The number of unbranched alkanes of at least 4 members (excludes halogenated alkanes) is 4. The second-order valence-corrected chi connectivity index (χ2v) is 4.77. The first kappa shape index (κ1) is 17.2. The number of halogens is 3. The standard InChI is InChI=1S/C14H23F3O/c1-3-9-13(14(15,16)17)11-8-6-4-5-7-10-12(2)18/h3,13H,1,4-11H2,2H3/t13-/m0/s1. The molecule has 0 radical (unpaired) electrons. The van der Waals surface area contributed by atoms with Gasteiger partial charge in [-0.05, 0) is 26.2 Å². The van der Waals surface area contributed by atoms with Crippen LogP contribution in [0.25, 0.3) is 0 Å². The third-order valence-electron chi connectivity index (χ3n) is 3.00. The summed E-state index contributed by atoms with van der Waals surface area (Å²) >= 11 is 0. The molecule has 0 saturated heterocycles. The van der Waals surface area contributed by atoms with Crippen molar-refractivity contribution in [1.29, 1.82) is 0 Å². The van der Waals surface area contributed by atoms with E-state index >= 15 is 0 Å². The predicted molar refractivity (Wildman–Crippen MR) is 67.4 cm³/mol. The highest BCUT2D eigenvalue weighted by Crippen LogP contribution is 2.33. The zero-order chi connectivity index (χ0) is 14.0. The van der Waals surface area contributed by atoms with Crippen LogP contribution in [0.4, 0.5) is 13.2 Å². The lowest BCUT2D eigenvalue weighted by atomic mass is 9.96. The Morgan fingerprint density at radius 1 is 1.17 bits per heavy atom. The van der Waals surface area contributed by atoms with Crippen molar-refractivity contribution in [3.05, 3.63) is 12.7 Å². The summed E-state index contributed by atoms with van der Waals surface area (Å²) < 4.78 is 37.6. The van der Waals surface area contributed by atoms with Gasteiger partial charge in [-0.1, -0.05) is 31.8 Å². The topological polar surface area (TPSA) is 17.1 Å². The predicted octanol–water partition coefficient (Wildman–Crippen LogP) is 5.06. The number of hydrogen-bond donors (Lipinski definition) is 0. The minimum absolute atomic E-state index is 0.00777. The molecule has 0 rings (SSSR count). The van der Waals surface area contributed by atoms with Gasteiger partial charge < -0.3 is 4.79 Å². The molecule has 0 fully saturated rings. The Morgan fingerprint density at radius 2 is 1.72 bits per heavy atom. The summed E-state index contributed by atoms with van der Waals surface area (Å²) in [6.45, 7) is 4.93. The molecule has 0 saturated carbocycles. The van der Waals surface area contributed by atoms with Gasteiger partial charge in [-0.25, -0.2) is 0 Å². The minimum atomic E-state index is -4.11. The number of alkyl halides is 3. The van der Waals surface area contributed by atoms with Crippen molar-refractivity contribution in [3.8, 4) is 0 Å². The Labute approximate surface area is 107 Å². The molecule has 4 heteroatoms. The molecule has 1 nitrogen and oxygen atoms in total. The van der Waals surface area contributed by atoms with E-state index in [9.17, 15) is 18.0 Å². The van der Waals surface area contributed by atoms with Crippen molar-refractivity contribution in [2.45, 2.75) is 64.5 Å². The third-order valence-corrected chi connectivity index (χ3v) is 3.00. The minimum Gasteiger partial charge on any atom is -0.300 e. The molecule has 0 aromatic carbocycles. The number of ketones is 1. The maximum absolute atomic E-state index is 12.5. The van der Waals surface area contributed by atoms with E-state index in [0.29, 0.717) is 12.8 Å². The van der Waals surface area contributed by atoms with Crippen LogP contribution in [-0.2, 0) is 4.79 Å². The summed E-state index contributed by atoms with van der Waals surface area (Å²) in [6, 6.07) is 0. The molecule has 0 N–H and O–H groups in total. The van der Waals surface area contributed by atoms with Crippen molar-refractivity contribution in [3.63, 3.8) is 0 Å². The molecule has 0 heterocycles. The zero-order valence-electron chi connectivity index (χ0n) is 11.1. The molecular weight excluding hydrogens is 241 g/mol. The number of hydrogen-bond acceptors (Lipinski definition) is 1. The van der Waals surface area contributed by atoms with Crippen LogP contribution >= 0.6 is 0 Å². The highest BCUT2D eigenvalue weighted by molar-refractivity contribution is 5.75. The lowest BCUT2D eigenvalue weighted by Crippen LogP contribution is -2.22. The quantitative estimate of drug-likeness (QED) is 0.398. The third kappa shape index (κ3) is 9.25. The molecule has 106 valence electrons. The van der Waals surface area contributed by atoms with Crippen LogP contribution in [0.3, 0.4) is 0 Å². The number of carbonyl (C=O) groups excluding carboxylic acids is 1. The molecule has 0 spiro atoms. The fourth-order valence-corrected chi connectivity index (χ4v) is 1.91. The second-order valence-electron chi connectivity index (χ2n) is 4.77. The summed E-state index contributed by atoms with van der Waals surface area (Å²) in [5.74, 6) is -1.06. The molecule has 0 aromatic heterocycles. The van der Waals surface area contributed by atoms with E-state index in [-0.39, 0.29) is 18.6 Å². The first-order valence-corrected chi connectivity index (χ1v) is 6.55. The fourth-order valence-electron chi connectivity index (χ4n) is 1.91. The second kappa shape index (κ2) is 9.17. The maximum Gasteiger partial charge on any atom is 0.392 e. The molecular formula is C14H23F3O. The van der Waals surface area contributed by atoms with E-state index in [1.54, 1.807) is 6.92 Å². The summed E-state index contributed by atoms with van der Waals surface area (Å²) in [5.41, 5.74) is 0. The van der Waals surface area contributed by atoms with Gasteiger partial charge in [-0.3, -0.25) is 0 Å². The van der Waals surface area contributed by atoms with Crippen LogP contribution < -0.4 is 0 Å². The van der Waals surface area contributed by atoms with Gasteiger partial charge in [0.05, 0.1) is 5.92 Å². The van der Waals surface area contributed by atoms with Gasteiger partial charge in [-0.2, -0.15) is 13.2 Å². The monoisotopic (exact) mass is 264 g/mol. The van der Waals surface area contributed by atoms with Gasteiger partial charge in [0, 0.05) is 6.42 Å². The smallest absolute Gasteiger partial charge is 0.300 e. The normalized spacial score (nSPS) is 13.3. The first-order valence-electron chi connectivity index (χ1n) is 6.55. The summed E-state index contributed by atoms with van der Waals surface area (Å²) in [7, 11) is 0. The van der Waals surface area contributed by atoms with E-state index in [0.717, 1.165) is 25.7 Å². The van der Waals surface area contributed by atoms with Crippen LogP contribution in [0.2, 0.25) is 0 Å². The van der Waals surface area contributed by atoms with Crippen molar-refractivity contribution < 1.29 is 18.0 Å². The molecule has 0 aliphatic heterocycles. The van der Waals surface area contributed by atoms with Crippen LogP contribution in [0.15, 0.2) is 12.7 Å². The summed E-state index contributed by atoms with van der Waals surface area (Å²) in [6.07, 6.45) is 2.10. The number of rotatable bonds is 10. The summed E-state index contributed by atoms with van der Waals surface area (Å²) in [5, 5.41) is 0. The molecule has 18 heavy (non-hydrogen) atoms. The number of carbonyl (C=O) groups is 1. The zero-order valence-corrected chi connectivity index (χ0v) is 11.1. The average molecular weight is 264 g/mol.